The molecule has 0 saturated carbocycles. The predicted molar refractivity (Wildman–Crippen MR) is 64.0 cm³/mol. The maximum absolute atomic E-state index is 6.26. The topological polar surface area (TPSA) is 22.4 Å². The molecule has 0 fully saturated rings. The van der Waals surface area contributed by atoms with E-state index in [-0.39, 0.29) is 5.38 Å². The largest absolute Gasteiger partial charge is 0.497 e. The molecule has 0 bridgehead atoms. The summed E-state index contributed by atoms with van der Waals surface area (Å²) < 4.78 is 10.1. The van der Waals surface area contributed by atoms with Gasteiger partial charge in [-0.2, -0.15) is 0 Å². The number of ether oxygens (including phenoxy) is 1. The molecule has 3 heteroatoms. The summed E-state index contributed by atoms with van der Waals surface area (Å²) in [5.41, 5.74) is 2.19. The van der Waals surface area contributed by atoms with Gasteiger partial charge in [0.2, 0.25) is 0 Å². The second-order valence-corrected chi connectivity index (χ2v) is 4.10. The molecule has 1 heterocycles. The number of halogens is 1. The standard InChI is InChI=1S/C13H13ClO2/c1-15-12-4-2-10(3-5-12)8-13(14)11-6-7-16-9-11/h2-7,9,13H,8H2,1H3. The number of rotatable bonds is 4. The van der Waals surface area contributed by atoms with Gasteiger partial charge in [0, 0.05) is 5.56 Å². The summed E-state index contributed by atoms with van der Waals surface area (Å²) in [4.78, 5) is 0. The first-order chi connectivity index (χ1) is 7.79. The van der Waals surface area contributed by atoms with Crippen LogP contribution in [0.4, 0.5) is 0 Å². The quantitative estimate of drug-likeness (QED) is 0.754. The van der Waals surface area contributed by atoms with Gasteiger partial charge in [-0.05, 0) is 30.2 Å². The average molecular weight is 237 g/mol. The first-order valence-electron chi connectivity index (χ1n) is 5.08. The smallest absolute Gasteiger partial charge is 0.118 e. The molecule has 2 nitrogen and oxygen atoms in total. The van der Waals surface area contributed by atoms with Crippen LogP contribution in [-0.2, 0) is 6.42 Å². The molecule has 0 N–H and O–H groups in total. The Bertz CT molecular complexity index is 420. The predicted octanol–water partition coefficient (Wildman–Crippen LogP) is 3.81. The summed E-state index contributed by atoms with van der Waals surface area (Å²) in [6.45, 7) is 0. The van der Waals surface area contributed by atoms with E-state index in [9.17, 15) is 0 Å². The van der Waals surface area contributed by atoms with Crippen LogP contribution >= 0.6 is 11.6 Å². The van der Waals surface area contributed by atoms with Crippen molar-refractivity contribution in [1.82, 2.24) is 0 Å². The molecule has 0 saturated heterocycles. The number of benzene rings is 1. The molecule has 16 heavy (non-hydrogen) atoms. The number of hydrogen-bond donors (Lipinski definition) is 0. The van der Waals surface area contributed by atoms with Crippen LogP contribution in [0.3, 0.4) is 0 Å². The normalized spacial score (nSPS) is 12.4. The summed E-state index contributed by atoms with van der Waals surface area (Å²) in [6.07, 6.45) is 4.10. The molecule has 1 aromatic carbocycles. The lowest BCUT2D eigenvalue weighted by atomic mass is 10.1. The molecule has 2 aromatic rings. The van der Waals surface area contributed by atoms with Crippen LogP contribution < -0.4 is 4.74 Å². The van der Waals surface area contributed by atoms with Gasteiger partial charge in [-0.15, -0.1) is 11.6 Å². The van der Waals surface area contributed by atoms with Crippen molar-refractivity contribution in [1.29, 1.82) is 0 Å². The zero-order valence-corrected chi connectivity index (χ0v) is 9.78. The summed E-state index contributed by atoms with van der Waals surface area (Å²) in [6, 6.07) is 9.81. The molecular weight excluding hydrogens is 224 g/mol. The van der Waals surface area contributed by atoms with Gasteiger partial charge in [0.05, 0.1) is 25.0 Å². The maximum Gasteiger partial charge on any atom is 0.118 e. The number of methoxy groups -OCH3 is 1. The molecular formula is C13H13ClO2. The summed E-state index contributed by atoms with van der Waals surface area (Å²) >= 11 is 6.26. The minimum absolute atomic E-state index is 0.0489. The Hall–Kier alpha value is -1.41. The highest BCUT2D eigenvalue weighted by atomic mass is 35.5. The Morgan fingerprint density at radius 3 is 2.56 bits per heavy atom. The van der Waals surface area contributed by atoms with Crippen LogP contribution in [-0.4, -0.2) is 7.11 Å². The molecule has 1 atom stereocenters. The lowest BCUT2D eigenvalue weighted by Crippen LogP contribution is -1.94. The van der Waals surface area contributed by atoms with Crippen LogP contribution in [0.15, 0.2) is 47.3 Å². The van der Waals surface area contributed by atoms with E-state index in [2.05, 4.69) is 0 Å². The summed E-state index contributed by atoms with van der Waals surface area (Å²) in [5.74, 6) is 0.859. The highest BCUT2D eigenvalue weighted by molar-refractivity contribution is 6.20. The van der Waals surface area contributed by atoms with Gasteiger partial charge < -0.3 is 9.15 Å². The summed E-state index contributed by atoms with van der Waals surface area (Å²) in [7, 11) is 1.66. The second-order valence-electron chi connectivity index (χ2n) is 3.58. The van der Waals surface area contributed by atoms with Gasteiger partial charge in [-0.3, -0.25) is 0 Å². The van der Waals surface area contributed by atoms with Gasteiger partial charge in [-0.25, -0.2) is 0 Å². The van der Waals surface area contributed by atoms with Crippen molar-refractivity contribution in [2.75, 3.05) is 7.11 Å². The van der Waals surface area contributed by atoms with E-state index in [0.29, 0.717) is 0 Å². The van der Waals surface area contributed by atoms with Crippen LogP contribution in [0.5, 0.6) is 5.75 Å². The van der Waals surface area contributed by atoms with Gasteiger partial charge >= 0.3 is 0 Å². The molecule has 0 aliphatic heterocycles. The fraction of sp³-hybridized carbons (Fsp3) is 0.231. The van der Waals surface area contributed by atoms with E-state index >= 15 is 0 Å². The fourth-order valence-electron chi connectivity index (χ4n) is 1.54. The number of hydrogen-bond acceptors (Lipinski definition) is 2. The third-order valence-corrected chi connectivity index (χ3v) is 2.89. The van der Waals surface area contributed by atoms with E-state index in [1.165, 1.54) is 5.56 Å². The minimum Gasteiger partial charge on any atom is -0.497 e. The van der Waals surface area contributed by atoms with Crippen molar-refractivity contribution in [2.24, 2.45) is 0 Å². The highest BCUT2D eigenvalue weighted by Gasteiger charge is 2.09. The van der Waals surface area contributed by atoms with E-state index in [0.717, 1.165) is 17.7 Å². The van der Waals surface area contributed by atoms with E-state index in [4.69, 9.17) is 20.8 Å². The van der Waals surface area contributed by atoms with Crippen LogP contribution in [0, 0.1) is 0 Å². The molecule has 1 unspecified atom stereocenters. The molecule has 0 aliphatic carbocycles. The Balaban J connectivity index is 2.03. The lowest BCUT2D eigenvalue weighted by Gasteiger charge is -2.07. The highest BCUT2D eigenvalue weighted by Crippen LogP contribution is 2.25. The molecule has 2 rings (SSSR count). The second kappa shape index (κ2) is 5.08. The van der Waals surface area contributed by atoms with Crippen molar-refractivity contribution in [3.63, 3.8) is 0 Å². The van der Waals surface area contributed by atoms with Crippen molar-refractivity contribution in [3.8, 4) is 5.75 Å². The molecule has 1 aromatic heterocycles. The van der Waals surface area contributed by atoms with Gasteiger partial charge in [-0.1, -0.05) is 12.1 Å². The van der Waals surface area contributed by atoms with Crippen LogP contribution in [0.25, 0.3) is 0 Å². The van der Waals surface area contributed by atoms with Gasteiger partial charge in [0.1, 0.15) is 5.75 Å². The molecule has 0 aliphatic rings. The van der Waals surface area contributed by atoms with Crippen molar-refractivity contribution >= 4 is 11.6 Å². The van der Waals surface area contributed by atoms with Gasteiger partial charge in [0.15, 0.2) is 0 Å². The van der Waals surface area contributed by atoms with Crippen molar-refractivity contribution < 1.29 is 9.15 Å². The molecule has 0 spiro atoms. The first kappa shape index (κ1) is 11.1. The zero-order chi connectivity index (χ0) is 11.4. The Morgan fingerprint density at radius 2 is 2.00 bits per heavy atom. The average Bonchev–Trinajstić information content (AvgIpc) is 2.83. The van der Waals surface area contributed by atoms with E-state index in [1.54, 1.807) is 19.6 Å². The third kappa shape index (κ3) is 2.58. The molecule has 84 valence electrons. The lowest BCUT2D eigenvalue weighted by molar-refractivity contribution is 0.414. The molecule has 0 radical (unpaired) electrons. The van der Waals surface area contributed by atoms with Crippen molar-refractivity contribution in [2.45, 2.75) is 11.8 Å². The number of furan rings is 1. The Labute approximate surface area is 99.8 Å². The first-order valence-corrected chi connectivity index (χ1v) is 5.52. The fourth-order valence-corrected chi connectivity index (χ4v) is 1.84. The van der Waals surface area contributed by atoms with Crippen LogP contribution in [0.1, 0.15) is 16.5 Å². The third-order valence-electron chi connectivity index (χ3n) is 2.48. The zero-order valence-electron chi connectivity index (χ0n) is 9.02. The SMILES string of the molecule is COc1ccc(CC(Cl)c2ccoc2)cc1. The van der Waals surface area contributed by atoms with Crippen molar-refractivity contribution in [3.05, 3.63) is 54.0 Å². The molecule has 0 amide bonds. The number of alkyl halides is 1. The Kier molecular flexibility index (Phi) is 3.52. The maximum atomic E-state index is 6.26. The monoisotopic (exact) mass is 236 g/mol. The minimum atomic E-state index is -0.0489. The Morgan fingerprint density at radius 1 is 1.25 bits per heavy atom. The summed E-state index contributed by atoms with van der Waals surface area (Å²) in [5, 5.41) is -0.0489. The van der Waals surface area contributed by atoms with Gasteiger partial charge in [0.25, 0.3) is 0 Å². The van der Waals surface area contributed by atoms with Crippen LogP contribution in [0.2, 0.25) is 0 Å². The van der Waals surface area contributed by atoms with E-state index < -0.39 is 0 Å². The van der Waals surface area contributed by atoms with E-state index in [1.807, 2.05) is 30.3 Å².